The van der Waals surface area contributed by atoms with Gasteiger partial charge in [-0.3, -0.25) is 4.79 Å². The van der Waals surface area contributed by atoms with Gasteiger partial charge in [-0.25, -0.2) is 0 Å². The molecule has 3 aliphatic carbocycles. The second-order valence-electron chi connectivity index (χ2n) is 8.52. The number of hydrogen-bond donors (Lipinski definition) is 0. The third kappa shape index (κ3) is 2.42. The van der Waals surface area contributed by atoms with E-state index in [4.69, 9.17) is 4.74 Å². The lowest BCUT2D eigenvalue weighted by atomic mass is 9.60. The molecule has 0 amide bonds. The van der Waals surface area contributed by atoms with Gasteiger partial charge < -0.3 is 4.74 Å². The van der Waals surface area contributed by atoms with E-state index < -0.39 is 0 Å². The number of hydrogen-bond acceptors (Lipinski definition) is 2. The van der Waals surface area contributed by atoms with Crippen LogP contribution in [0.2, 0.25) is 0 Å². The van der Waals surface area contributed by atoms with Crippen LogP contribution in [0.5, 0.6) is 5.75 Å². The standard InChI is InChI=1S/C22H28O2/c1-14(2)13-24-16-5-7-17-15(12-16)4-6-19-18(17)10-11-22(3)20(19)8-9-21(22)23/h5,7,10,12,14,19-20H,4,6,8-9,11,13H2,1-3H3/t19-,20+,22+/m1/s1. The van der Waals surface area contributed by atoms with Crippen molar-refractivity contribution >= 4 is 11.4 Å². The van der Waals surface area contributed by atoms with Crippen LogP contribution >= 0.6 is 0 Å². The van der Waals surface area contributed by atoms with Gasteiger partial charge in [0.05, 0.1) is 6.61 Å². The van der Waals surface area contributed by atoms with E-state index in [1.807, 2.05) is 0 Å². The van der Waals surface area contributed by atoms with Crippen molar-refractivity contribution in [1.82, 2.24) is 0 Å². The monoisotopic (exact) mass is 324 g/mol. The van der Waals surface area contributed by atoms with Gasteiger partial charge in [-0.1, -0.05) is 32.9 Å². The van der Waals surface area contributed by atoms with Gasteiger partial charge in [0.15, 0.2) is 0 Å². The molecule has 2 nitrogen and oxygen atoms in total. The van der Waals surface area contributed by atoms with Crippen molar-refractivity contribution in [3.05, 3.63) is 35.4 Å². The van der Waals surface area contributed by atoms with Crippen LogP contribution in [-0.2, 0) is 11.2 Å². The van der Waals surface area contributed by atoms with Crippen LogP contribution in [0.4, 0.5) is 0 Å². The Labute approximate surface area is 145 Å². The van der Waals surface area contributed by atoms with E-state index in [-0.39, 0.29) is 5.41 Å². The van der Waals surface area contributed by atoms with E-state index in [1.165, 1.54) is 23.1 Å². The fourth-order valence-electron chi connectivity index (χ4n) is 5.09. The maximum absolute atomic E-state index is 12.4. The smallest absolute Gasteiger partial charge is 0.139 e. The molecule has 0 bridgehead atoms. The topological polar surface area (TPSA) is 26.3 Å². The van der Waals surface area contributed by atoms with Crippen molar-refractivity contribution in [2.45, 2.75) is 52.9 Å². The predicted molar refractivity (Wildman–Crippen MR) is 97.0 cm³/mol. The van der Waals surface area contributed by atoms with Crippen LogP contribution in [0.1, 0.15) is 57.6 Å². The SMILES string of the molecule is CC(C)COc1ccc2c(c1)CC[C@@H]1C2=CC[C@]2(C)C(=O)CC[C@@H]12. The molecule has 0 aliphatic heterocycles. The number of Topliss-reactive ketones (excluding diaryl/α,β-unsaturated/α-hetero) is 1. The molecule has 3 aliphatic rings. The lowest BCUT2D eigenvalue weighted by Gasteiger charge is -2.43. The summed E-state index contributed by atoms with van der Waals surface area (Å²) in [6, 6.07) is 6.61. The first-order valence-corrected chi connectivity index (χ1v) is 9.48. The second kappa shape index (κ2) is 5.75. The number of fused-ring (bicyclic) bond motifs is 5. The summed E-state index contributed by atoms with van der Waals surface area (Å²) in [6.45, 7) is 7.33. The maximum Gasteiger partial charge on any atom is 0.139 e. The van der Waals surface area contributed by atoms with E-state index in [1.54, 1.807) is 0 Å². The van der Waals surface area contributed by atoms with Crippen LogP contribution < -0.4 is 4.74 Å². The zero-order valence-corrected chi connectivity index (χ0v) is 15.1. The molecule has 128 valence electrons. The minimum Gasteiger partial charge on any atom is -0.493 e. The van der Waals surface area contributed by atoms with E-state index >= 15 is 0 Å². The molecule has 0 spiro atoms. The maximum atomic E-state index is 12.4. The van der Waals surface area contributed by atoms with Gasteiger partial charge >= 0.3 is 0 Å². The third-order valence-corrected chi connectivity index (χ3v) is 6.46. The van der Waals surface area contributed by atoms with E-state index in [0.29, 0.717) is 23.5 Å². The first-order chi connectivity index (χ1) is 11.5. The molecule has 1 aromatic carbocycles. The summed E-state index contributed by atoms with van der Waals surface area (Å²) in [4.78, 5) is 12.4. The lowest BCUT2D eigenvalue weighted by molar-refractivity contribution is -0.126. The number of ketones is 1. The summed E-state index contributed by atoms with van der Waals surface area (Å²) in [7, 11) is 0. The zero-order chi connectivity index (χ0) is 16.9. The van der Waals surface area contributed by atoms with E-state index in [0.717, 1.165) is 38.0 Å². The quantitative estimate of drug-likeness (QED) is 0.777. The normalized spacial score (nSPS) is 31.3. The summed E-state index contributed by atoms with van der Waals surface area (Å²) < 4.78 is 5.90. The summed E-state index contributed by atoms with van der Waals surface area (Å²) in [5.41, 5.74) is 4.24. The summed E-state index contributed by atoms with van der Waals surface area (Å²) in [6.07, 6.45) is 7.46. The number of carbonyl (C=O) groups is 1. The van der Waals surface area contributed by atoms with Gasteiger partial charge in [-0.2, -0.15) is 0 Å². The van der Waals surface area contributed by atoms with Crippen molar-refractivity contribution in [1.29, 1.82) is 0 Å². The van der Waals surface area contributed by atoms with Crippen LogP contribution in [0, 0.1) is 23.2 Å². The summed E-state index contributed by atoms with van der Waals surface area (Å²) in [5.74, 6) is 3.16. The minimum absolute atomic E-state index is 0.0913. The highest BCUT2D eigenvalue weighted by Crippen LogP contribution is 2.56. The number of carbonyl (C=O) groups excluding carboxylic acids is 1. The van der Waals surface area contributed by atoms with Crippen LogP contribution in [0.15, 0.2) is 24.3 Å². The fourth-order valence-corrected chi connectivity index (χ4v) is 5.09. The Morgan fingerprint density at radius 3 is 2.88 bits per heavy atom. The first-order valence-electron chi connectivity index (χ1n) is 9.48. The average Bonchev–Trinajstić information content (AvgIpc) is 2.88. The predicted octanol–water partition coefficient (Wildman–Crippen LogP) is 5.06. The molecule has 3 atom stereocenters. The molecule has 2 heteroatoms. The second-order valence-corrected chi connectivity index (χ2v) is 8.52. The van der Waals surface area contributed by atoms with Gasteiger partial charge in [0.2, 0.25) is 0 Å². The molecule has 24 heavy (non-hydrogen) atoms. The number of aryl methyl sites for hydroxylation is 1. The summed E-state index contributed by atoms with van der Waals surface area (Å²) >= 11 is 0. The summed E-state index contributed by atoms with van der Waals surface area (Å²) in [5, 5.41) is 0. The minimum atomic E-state index is -0.0913. The molecule has 0 radical (unpaired) electrons. The molecule has 4 rings (SSSR count). The Kier molecular flexibility index (Phi) is 3.82. The molecule has 1 saturated carbocycles. The van der Waals surface area contributed by atoms with Crippen LogP contribution in [-0.4, -0.2) is 12.4 Å². The highest BCUT2D eigenvalue weighted by atomic mass is 16.5. The van der Waals surface area contributed by atoms with Crippen molar-refractivity contribution in [2.24, 2.45) is 23.2 Å². The Morgan fingerprint density at radius 2 is 2.08 bits per heavy atom. The van der Waals surface area contributed by atoms with Crippen molar-refractivity contribution in [3.8, 4) is 5.75 Å². The fraction of sp³-hybridized carbons (Fsp3) is 0.591. The van der Waals surface area contributed by atoms with Crippen molar-refractivity contribution < 1.29 is 9.53 Å². The number of allylic oxidation sites excluding steroid dienone is 2. The molecule has 1 aromatic rings. The Bertz CT molecular complexity index is 700. The van der Waals surface area contributed by atoms with Gasteiger partial charge in [-0.15, -0.1) is 0 Å². The molecule has 0 N–H and O–H groups in total. The van der Waals surface area contributed by atoms with Crippen molar-refractivity contribution in [3.63, 3.8) is 0 Å². The van der Waals surface area contributed by atoms with Gasteiger partial charge in [-0.05, 0) is 72.3 Å². The molecular weight excluding hydrogens is 296 g/mol. The molecular formula is C22H28O2. The van der Waals surface area contributed by atoms with Crippen LogP contribution in [0.25, 0.3) is 5.57 Å². The number of rotatable bonds is 3. The molecule has 1 fully saturated rings. The third-order valence-electron chi connectivity index (χ3n) is 6.46. The average molecular weight is 324 g/mol. The van der Waals surface area contributed by atoms with E-state index in [2.05, 4.69) is 45.0 Å². The van der Waals surface area contributed by atoms with Crippen LogP contribution in [0.3, 0.4) is 0 Å². The molecule has 0 aromatic heterocycles. The van der Waals surface area contributed by atoms with Gasteiger partial charge in [0.1, 0.15) is 11.5 Å². The highest BCUT2D eigenvalue weighted by molar-refractivity contribution is 5.89. The Morgan fingerprint density at radius 1 is 1.25 bits per heavy atom. The van der Waals surface area contributed by atoms with Crippen molar-refractivity contribution in [2.75, 3.05) is 6.61 Å². The Balaban J connectivity index is 1.64. The molecule has 0 saturated heterocycles. The molecule has 0 unspecified atom stereocenters. The zero-order valence-electron chi connectivity index (χ0n) is 15.1. The van der Waals surface area contributed by atoms with E-state index in [9.17, 15) is 4.79 Å². The molecule has 0 heterocycles. The first kappa shape index (κ1) is 15.9. The van der Waals surface area contributed by atoms with Gasteiger partial charge in [0.25, 0.3) is 0 Å². The largest absolute Gasteiger partial charge is 0.493 e. The Hall–Kier alpha value is -1.57. The number of ether oxygens (including phenoxy) is 1. The van der Waals surface area contributed by atoms with Gasteiger partial charge in [0, 0.05) is 11.8 Å². The highest BCUT2D eigenvalue weighted by Gasteiger charge is 2.51. The lowest BCUT2D eigenvalue weighted by Crippen LogP contribution is -2.38. The number of benzene rings is 1.